The minimum absolute atomic E-state index is 0.0510. The Bertz CT molecular complexity index is 1480. The van der Waals surface area contributed by atoms with Crippen LogP contribution in [0.15, 0.2) is 60.8 Å². The fourth-order valence-electron chi connectivity index (χ4n) is 3.38. The van der Waals surface area contributed by atoms with Gasteiger partial charge in [0.15, 0.2) is 5.13 Å². The number of nitrogens with zero attached hydrogens (tertiary/aromatic N) is 4. The predicted molar refractivity (Wildman–Crippen MR) is 128 cm³/mol. The highest BCUT2D eigenvalue weighted by Gasteiger charge is 2.23. The van der Waals surface area contributed by atoms with E-state index in [4.69, 9.17) is 5.26 Å². The maximum atomic E-state index is 12.5. The molecule has 1 N–H and O–H groups in total. The zero-order chi connectivity index (χ0) is 23.6. The predicted octanol–water partition coefficient (Wildman–Crippen LogP) is 3.90. The number of fused-ring (bicyclic) bond motifs is 1. The molecule has 10 heteroatoms. The van der Waals surface area contributed by atoms with Gasteiger partial charge in [0.1, 0.15) is 5.69 Å². The molecular formula is C23H19N5O3S2. The number of hydrogen-bond acceptors (Lipinski definition) is 8. The number of aromatic nitrogens is 2. The van der Waals surface area contributed by atoms with Crippen molar-refractivity contribution in [2.24, 2.45) is 0 Å². The van der Waals surface area contributed by atoms with Crippen molar-refractivity contribution in [3.63, 3.8) is 0 Å². The van der Waals surface area contributed by atoms with Crippen LogP contribution in [0.3, 0.4) is 0 Å². The quantitative estimate of drug-likeness (QED) is 0.448. The number of rotatable bonds is 6. The normalized spacial score (nSPS) is 11.2. The fraction of sp³-hybridized carbons (Fsp3) is 0.130. The summed E-state index contributed by atoms with van der Waals surface area (Å²) >= 11 is 1.28. The second-order valence-electron chi connectivity index (χ2n) is 7.34. The lowest BCUT2D eigenvalue weighted by Gasteiger charge is -2.23. The largest absolute Gasteiger partial charge is 0.313 e. The minimum atomic E-state index is -3.72. The maximum absolute atomic E-state index is 12.5. The van der Waals surface area contributed by atoms with Crippen LogP contribution in [0.5, 0.6) is 0 Å². The molecule has 33 heavy (non-hydrogen) atoms. The zero-order valence-electron chi connectivity index (χ0n) is 17.8. The van der Waals surface area contributed by atoms with Crippen LogP contribution in [0.25, 0.3) is 10.9 Å². The summed E-state index contributed by atoms with van der Waals surface area (Å²) < 4.78 is 25.0. The molecule has 2 aromatic heterocycles. The molecule has 4 aromatic rings. The van der Waals surface area contributed by atoms with Crippen molar-refractivity contribution < 1.29 is 13.2 Å². The number of hydrogen-bond donors (Lipinski definition) is 1. The number of benzene rings is 2. The fourth-order valence-corrected chi connectivity index (χ4v) is 4.74. The zero-order valence-corrected chi connectivity index (χ0v) is 19.4. The van der Waals surface area contributed by atoms with E-state index in [9.17, 15) is 13.2 Å². The number of thiazole rings is 1. The molecule has 1 amide bonds. The van der Waals surface area contributed by atoms with Crippen molar-refractivity contribution >= 4 is 49.0 Å². The number of pyridine rings is 1. The molecule has 4 rings (SSSR count). The van der Waals surface area contributed by atoms with Gasteiger partial charge in [-0.1, -0.05) is 24.3 Å². The average Bonchev–Trinajstić information content (AvgIpc) is 3.18. The second kappa shape index (κ2) is 8.97. The van der Waals surface area contributed by atoms with Gasteiger partial charge in [-0.3, -0.25) is 9.78 Å². The molecule has 2 heterocycles. The van der Waals surface area contributed by atoms with Crippen LogP contribution in [-0.2, 0) is 16.6 Å². The van der Waals surface area contributed by atoms with Crippen LogP contribution >= 0.6 is 11.3 Å². The summed E-state index contributed by atoms with van der Waals surface area (Å²) in [5.74, 6) is -0.774. The van der Waals surface area contributed by atoms with E-state index < -0.39 is 15.9 Å². The molecule has 0 aliphatic rings. The van der Waals surface area contributed by atoms with Gasteiger partial charge in [0.05, 0.1) is 29.9 Å². The van der Waals surface area contributed by atoms with Crippen molar-refractivity contribution in [3.05, 3.63) is 82.5 Å². The summed E-state index contributed by atoms with van der Waals surface area (Å²) in [5, 5.41) is 10.7. The minimum Gasteiger partial charge on any atom is -0.313 e. The van der Waals surface area contributed by atoms with Gasteiger partial charge in [-0.05, 0) is 42.8 Å². The third-order valence-corrected chi connectivity index (χ3v) is 6.41. The van der Waals surface area contributed by atoms with E-state index in [1.54, 1.807) is 25.3 Å². The number of sulfonamides is 1. The Labute approximate surface area is 195 Å². The Morgan fingerprint density at radius 3 is 2.58 bits per heavy atom. The lowest BCUT2D eigenvalue weighted by atomic mass is 10.1. The molecule has 0 aliphatic heterocycles. The van der Waals surface area contributed by atoms with Crippen LogP contribution in [0.2, 0.25) is 0 Å². The summed E-state index contributed by atoms with van der Waals surface area (Å²) in [7, 11) is -3.72. The maximum Gasteiger partial charge on any atom is 0.284 e. The van der Waals surface area contributed by atoms with Crippen LogP contribution in [0.4, 0.5) is 10.8 Å². The number of carbonyl (C=O) groups is 1. The van der Waals surface area contributed by atoms with Crippen LogP contribution in [0.1, 0.15) is 26.5 Å². The highest BCUT2D eigenvalue weighted by molar-refractivity contribution is 7.89. The Morgan fingerprint density at radius 1 is 1.15 bits per heavy atom. The number of para-hydroxylation sites is 1. The molecule has 0 aliphatic carbocycles. The van der Waals surface area contributed by atoms with Crippen molar-refractivity contribution in [2.75, 3.05) is 11.2 Å². The molecule has 0 saturated heterocycles. The van der Waals surface area contributed by atoms with Crippen LogP contribution in [-0.4, -0.2) is 30.5 Å². The molecule has 0 unspecified atom stereocenters. The van der Waals surface area contributed by atoms with Crippen molar-refractivity contribution in [3.8, 4) is 6.07 Å². The highest BCUT2D eigenvalue weighted by atomic mass is 32.2. The average molecular weight is 478 g/mol. The van der Waals surface area contributed by atoms with Gasteiger partial charge in [0, 0.05) is 22.1 Å². The first-order chi connectivity index (χ1) is 15.7. The van der Waals surface area contributed by atoms with E-state index in [1.807, 2.05) is 52.1 Å². The van der Waals surface area contributed by atoms with Gasteiger partial charge in [-0.2, -0.15) is 5.26 Å². The summed E-state index contributed by atoms with van der Waals surface area (Å²) in [6.07, 6.45) is 2.66. The highest BCUT2D eigenvalue weighted by Crippen LogP contribution is 2.34. The van der Waals surface area contributed by atoms with Crippen molar-refractivity contribution in [1.82, 2.24) is 14.7 Å². The van der Waals surface area contributed by atoms with Crippen molar-refractivity contribution in [2.45, 2.75) is 13.5 Å². The van der Waals surface area contributed by atoms with Gasteiger partial charge in [-0.25, -0.2) is 18.1 Å². The van der Waals surface area contributed by atoms with Gasteiger partial charge in [0.25, 0.3) is 5.91 Å². The Hall–Kier alpha value is -3.81. The Balaban J connectivity index is 1.79. The molecule has 0 fully saturated rings. The summed E-state index contributed by atoms with van der Waals surface area (Å²) in [6.45, 7) is 2.12. The standard InChI is InChI=1S/C23H19N5O3S2/c1-15-20(22(29)27-33(2,30)31)26-23(32-15)28(19-10-8-16(13-24)9-11-19)14-18-6-3-5-17-7-4-12-25-21(17)18/h3-12H,14H2,1-2H3,(H,27,29). The van der Waals surface area contributed by atoms with E-state index >= 15 is 0 Å². The second-order valence-corrected chi connectivity index (χ2v) is 10.3. The van der Waals surface area contributed by atoms with Crippen molar-refractivity contribution in [1.29, 1.82) is 5.26 Å². The Kier molecular flexibility index (Phi) is 6.09. The van der Waals surface area contributed by atoms with Crippen LogP contribution < -0.4 is 9.62 Å². The molecule has 166 valence electrons. The van der Waals surface area contributed by atoms with E-state index in [-0.39, 0.29) is 5.69 Å². The molecule has 0 atom stereocenters. The number of carbonyl (C=O) groups excluding carboxylic acids is 1. The third-order valence-electron chi connectivity index (χ3n) is 4.86. The Morgan fingerprint density at radius 2 is 1.88 bits per heavy atom. The lowest BCUT2D eigenvalue weighted by molar-refractivity contribution is 0.0977. The first-order valence-corrected chi connectivity index (χ1v) is 12.6. The molecule has 0 saturated carbocycles. The smallest absolute Gasteiger partial charge is 0.284 e. The first kappa shape index (κ1) is 22.4. The van der Waals surface area contributed by atoms with E-state index in [1.165, 1.54) is 11.3 Å². The number of aryl methyl sites for hydroxylation is 1. The lowest BCUT2D eigenvalue weighted by Crippen LogP contribution is -2.30. The molecule has 8 nitrogen and oxygen atoms in total. The number of nitriles is 1. The molecule has 0 radical (unpaired) electrons. The summed E-state index contributed by atoms with van der Waals surface area (Å²) in [4.78, 5) is 24.0. The third kappa shape index (κ3) is 5.00. The van der Waals surface area contributed by atoms with E-state index in [0.717, 1.165) is 28.4 Å². The first-order valence-electron chi connectivity index (χ1n) is 9.85. The molecule has 2 aromatic carbocycles. The summed E-state index contributed by atoms with van der Waals surface area (Å²) in [6, 6.07) is 18.9. The molecule has 0 spiro atoms. The number of anilines is 2. The summed E-state index contributed by atoms with van der Waals surface area (Å²) in [5.41, 5.74) is 3.14. The number of nitrogens with one attached hydrogen (secondary N) is 1. The van der Waals surface area contributed by atoms with E-state index in [2.05, 4.69) is 16.0 Å². The van der Waals surface area contributed by atoms with E-state index in [0.29, 0.717) is 22.1 Å². The van der Waals surface area contributed by atoms with Gasteiger partial charge < -0.3 is 4.90 Å². The molecule has 0 bridgehead atoms. The SMILES string of the molecule is Cc1sc(N(Cc2cccc3cccnc23)c2ccc(C#N)cc2)nc1C(=O)NS(C)(=O)=O. The molecular weight excluding hydrogens is 458 g/mol. The van der Waals surface area contributed by atoms with Crippen LogP contribution in [0, 0.1) is 18.3 Å². The van der Waals surface area contributed by atoms with Gasteiger partial charge in [0.2, 0.25) is 10.0 Å². The monoisotopic (exact) mass is 477 g/mol. The van der Waals surface area contributed by atoms with Gasteiger partial charge >= 0.3 is 0 Å². The number of amides is 1. The van der Waals surface area contributed by atoms with Gasteiger partial charge in [-0.15, -0.1) is 11.3 Å². The topological polar surface area (TPSA) is 116 Å².